The van der Waals surface area contributed by atoms with Gasteiger partial charge in [-0.25, -0.2) is 0 Å². The molecule has 0 aliphatic heterocycles. The lowest BCUT2D eigenvalue weighted by Crippen LogP contribution is -2.52. The van der Waals surface area contributed by atoms with Crippen molar-refractivity contribution in [3.05, 3.63) is 0 Å². The lowest BCUT2D eigenvalue weighted by atomic mass is 9.61. The number of hydrogen-bond acceptors (Lipinski definition) is 2. The van der Waals surface area contributed by atoms with Gasteiger partial charge in [0.1, 0.15) is 0 Å². The van der Waals surface area contributed by atoms with Crippen molar-refractivity contribution in [1.29, 1.82) is 0 Å². The maximum atomic E-state index is 12.8. The Bertz CT molecular complexity index is 366. The normalized spacial score (nSPS) is 40.3. The van der Waals surface area contributed by atoms with E-state index in [2.05, 4.69) is 33.0 Å². The molecular weight excluding hydrogens is 260 g/mol. The van der Waals surface area contributed by atoms with Crippen molar-refractivity contribution in [2.45, 2.75) is 84.7 Å². The minimum Gasteiger partial charge on any atom is -0.353 e. The zero-order chi connectivity index (χ0) is 15.6. The second-order valence-corrected chi connectivity index (χ2v) is 8.22. The van der Waals surface area contributed by atoms with E-state index in [0.717, 1.165) is 31.6 Å². The summed E-state index contributed by atoms with van der Waals surface area (Å²) >= 11 is 0. The summed E-state index contributed by atoms with van der Waals surface area (Å²) in [4.78, 5) is 12.8. The fourth-order valence-corrected chi connectivity index (χ4v) is 4.25. The summed E-state index contributed by atoms with van der Waals surface area (Å²) in [6, 6.07) is 0.631. The van der Waals surface area contributed by atoms with Crippen molar-refractivity contribution in [3.8, 4) is 0 Å². The molecule has 0 heterocycles. The third-order valence-electron chi connectivity index (χ3n) is 6.42. The SMILES string of the molecule is CC1CCCC(NC(=O)C2CCC(N)C(C)C2(C)C)CC1. The Labute approximate surface area is 130 Å². The summed E-state index contributed by atoms with van der Waals surface area (Å²) in [6.45, 7) is 8.97. The molecule has 0 bridgehead atoms. The predicted octanol–water partition coefficient (Wildman–Crippen LogP) is 3.47. The van der Waals surface area contributed by atoms with Crippen LogP contribution in [0.4, 0.5) is 0 Å². The topological polar surface area (TPSA) is 55.1 Å². The van der Waals surface area contributed by atoms with Gasteiger partial charge in [0.15, 0.2) is 0 Å². The van der Waals surface area contributed by atoms with Gasteiger partial charge >= 0.3 is 0 Å². The highest BCUT2D eigenvalue weighted by molar-refractivity contribution is 5.80. The number of carbonyl (C=O) groups is 1. The Kier molecular flexibility index (Phi) is 5.34. The van der Waals surface area contributed by atoms with E-state index >= 15 is 0 Å². The van der Waals surface area contributed by atoms with Crippen molar-refractivity contribution in [2.75, 3.05) is 0 Å². The van der Waals surface area contributed by atoms with Crippen LogP contribution in [0.1, 0.15) is 72.6 Å². The summed E-state index contributed by atoms with van der Waals surface area (Å²) in [7, 11) is 0. The van der Waals surface area contributed by atoms with E-state index in [1.165, 1.54) is 19.3 Å². The van der Waals surface area contributed by atoms with Crippen LogP contribution in [0.25, 0.3) is 0 Å². The number of carbonyl (C=O) groups excluding carboxylic acids is 1. The first-order chi connectivity index (χ1) is 9.82. The fourth-order valence-electron chi connectivity index (χ4n) is 4.25. The standard InChI is InChI=1S/C18H34N2O/c1-12-6-5-7-14(9-8-12)20-17(21)15-10-11-16(19)13(2)18(15,3)4/h12-16H,5-11,19H2,1-4H3,(H,20,21). The van der Waals surface area contributed by atoms with Crippen LogP contribution in [-0.4, -0.2) is 18.0 Å². The van der Waals surface area contributed by atoms with Gasteiger partial charge in [0.25, 0.3) is 0 Å². The molecule has 122 valence electrons. The molecule has 3 nitrogen and oxygen atoms in total. The van der Waals surface area contributed by atoms with Crippen LogP contribution in [0.5, 0.6) is 0 Å². The summed E-state index contributed by atoms with van der Waals surface area (Å²) in [6.07, 6.45) is 8.03. The second kappa shape index (κ2) is 6.68. The summed E-state index contributed by atoms with van der Waals surface area (Å²) in [5.74, 6) is 1.61. The van der Waals surface area contributed by atoms with Gasteiger partial charge in [-0.3, -0.25) is 4.79 Å². The first kappa shape index (κ1) is 16.8. The fraction of sp³-hybridized carbons (Fsp3) is 0.944. The molecular formula is C18H34N2O. The maximum Gasteiger partial charge on any atom is 0.223 e. The number of amides is 1. The molecule has 3 heteroatoms. The molecule has 0 saturated heterocycles. The zero-order valence-corrected chi connectivity index (χ0v) is 14.3. The molecule has 2 aliphatic carbocycles. The quantitative estimate of drug-likeness (QED) is 0.766. The lowest BCUT2D eigenvalue weighted by Gasteiger charge is -2.46. The summed E-state index contributed by atoms with van der Waals surface area (Å²) < 4.78 is 0. The molecule has 0 aromatic carbocycles. The highest BCUT2D eigenvalue weighted by Crippen LogP contribution is 2.44. The molecule has 0 spiro atoms. The van der Waals surface area contributed by atoms with Crippen LogP contribution in [-0.2, 0) is 4.79 Å². The zero-order valence-electron chi connectivity index (χ0n) is 14.3. The maximum absolute atomic E-state index is 12.8. The molecule has 5 atom stereocenters. The molecule has 2 aliphatic rings. The molecule has 5 unspecified atom stereocenters. The molecule has 2 fully saturated rings. The van der Waals surface area contributed by atoms with Gasteiger partial charge in [-0.05, 0) is 49.4 Å². The van der Waals surface area contributed by atoms with Crippen LogP contribution < -0.4 is 11.1 Å². The van der Waals surface area contributed by atoms with Crippen LogP contribution in [0.3, 0.4) is 0 Å². The minimum absolute atomic E-state index is 0.000227. The minimum atomic E-state index is -0.000227. The second-order valence-electron chi connectivity index (χ2n) is 8.22. The Morgan fingerprint density at radius 2 is 1.76 bits per heavy atom. The van der Waals surface area contributed by atoms with Gasteiger partial charge in [0.05, 0.1) is 0 Å². The van der Waals surface area contributed by atoms with Crippen molar-refractivity contribution < 1.29 is 4.79 Å². The number of hydrogen-bond donors (Lipinski definition) is 2. The largest absolute Gasteiger partial charge is 0.353 e. The average Bonchev–Trinajstić information content (AvgIpc) is 2.61. The first-order valence-corrected chi connectivity index (χ1v) is 8.88. The molecule has 2 rings (SSSR count). The van der Waals surface area contributed by atoms with Gasteiger partial charge in [0.2, 0.25) is 5.91 Å². The predicted molar refractivity (Wildman–Crippen MR) is 87.8 cm³/mol. The number of nitrogens with two attached hydrogens (primary N) is 1. The van der Waals surface area contributed by atoms with Crippen LogP contribution in [0.15, 0.2) is 0 Å². The molecule has 0 aromatic heterocycles. The van der Waals surface area contributed by atoms with Gasteiger partial charge in [-0.15, -0.1) is 0 Å². The Morgan fingerprint density at radius 1 is 1.05 bits per heavy atom. The molecule has 0 aromatic rings. The van der Waals surface area contributed by atoms with Crippen LogP contribution >= 0.6 is 0 Å². The summed E-state index contributed by atoms with van der Waals surface area (Å²) in [5, 5.41) is 3.36. The molecule has 0 radical (unpaired) electrons. The lowest BCUT2D eigenvalue weighted by molar-refractivity contribution is -0.133. The van der Waals surface area contributed by atoms with E-state index < -0.39 is 0 Å². The van der Waals surface area contributed by atoms with E-state index in [1.54, 1.807) is 0 Å². The van der Waals surface area contributed by atoms with Crippen LogP contribution in [0, 0.1) is 23.2 Å². The number of nitrogens with one attached hydrogen (secondary N) is 1. The smallest absolute Gasteiger partial charge is 0.223 e. The Morgan fingerprint density at radius 3 is 2.48 bits per heavy atom. The van der Waals surface area contributed by atoms with E-state index in [-0.39, 0.29) is 23.3 Å². The molecule has 2 saturated carbocycles. The van der Waals surface area contributed by atoms with E-state index in [4.69, 9.17) is 5.73 Å². The van der Waals surface area contributed by atoms with Gasteiger partial charge in [0, 0.05) is 18.0 Å². The van der Waals surface area contributed by atoms with Gasteiger partial charge in [-0.2, -0.15) is 0 Å². The van der Waals surface area contributed by atoms with E-state index in [0.29, 0.717) is 12.0 Å². The highest BCUT2D eigenvalue weighted by Gasteiger charge is 2.45. The van der Waals surface area contributed by atoms with Crippen LogP contribution in [0.2, 0.25) is 0 Å². The average molecular weight is 294 g/mol. The Hall–Kier alpha value is -0.570. The first-order valence-electron chi connectivity index (χ1n) is 8.88. The van der Waals surface area contributed by atoms with Gasteiger partial charge < -0.3 is 11.1 Å². The molecule has 21 heavy (non-hydrogen) atoms. The van der Waals surface area contributed by atoms with E-state index in [1.807, 2.05) is 0 Å². The molecule has 3 N–H and O–H groups in total. The molecule has 1 amide bonds. The van der Waals surface area contributed by atoms with Crippen molar-refractivity contribution in [3.63, 3.8) is 0 Å². The van der Waals surface area contributed by atoms with Gasteiger partial charge in [-0.1, -0.05) is 40.5 Å². The van der Waals surface area contributed by atoms with Crippen molar-refractivity contribution >= 4 is 5.91 Å². The van der Waals surface area contributed by atoms with E-state index in [9.17, 15) is 4.79 Å². The third kappa shape index (κ3) is 3.80. The number of rotatable bonds is 2. The monoisotopic (exact) mass is 294 g/mol. The highest BCUT2D eigenvalue weighted by atomic mass is 16.2. The third-order valence-corrected chi connectivity index (χ3v) is 6.42. The Balaban J connectivity index is 1.96. The van der Waals surface area contributed by atoms with Crippen molar-refractivity contribution in [2.24, 2.45) is 28.9 Å². The van der Waals surface area contributed by atoms with Crippen molar-refractivity contribution in [1.82, 2.24) is 5.32 Å². The summed E-state index contributed by atoms with van der Waals surface area (Å²) in [5.41, 5.74) is 6.20.